The first kappa shape index (κ1) is 24.2. The smallest absolute Gasteiger partial charge is 0.326 e. The lowest BCUT2D eigenvalue weighted by Crippen LogP contribution is -2.36. The fourth-order valence-corrected chi connectivity index (χ4v) is 5.54. The van der Waals surface area contributed by atoms with Crippen molar-refractivity contribution in [1.82, 2.24) is 34.6 Å². The van der Waals surface area contributed by atoms with E-state index in [0.29, 0.717) is 17.4 Å². The van der Waals surface area contributed by atoms with Gasteiger partial charge in [-0.15, -0.1) is 10.2 Å². The molecule has 0 saturated carbocycles. The van der Waals surface area contributed by atoms with E-state index in [1.807, 2.05) is 59.2 Å². The molecule has 3 aromatic carbocycles. The van der Waals surface area contributed by atoms with Gasteiger partial charge in [-0.3, -0.25) is 9.47 Å². The molecule has 40 heavy (non-hydrogen) atoms. The number of nitrogens with one attached hydrogen (secondary N) is 1. The Kier molecular flexibility index (Phi) is 6.25. The molecule has 4 heterocycles. The summed E-state index contributed by atoms with van der Waals surface area (Å²) in [6.07, 6.45) is 4.95. The number of para-hydroxylation sites is 2. The molecule has 9 nitrogen and oxygen atoms in total. The van der Waals surface area contributed by atoms with E-state index in [2.05, 4.69) is 49.3 Å². The summed E-state index contributed by atoms with van der Waals surface area (Å²) in [7, 11) is 0. The van der Waals surface area contributed by atoms with Crippen LogP contribution in [0, 0.1) is 0 Å². The third-order valence-corrected chi connectivity index (χ3v) is 7.54. The zero-order valence-corrected chi connectivity index (χ0v) is 21.8. The van der Waals surface area contributed by atoms with Crippen molar-refractivity contribution in [2.45, 2.75) is 25.4 Å². The van der Waals surface area contributed by atoms with Crippen molar-refractivity contribution in [3.8, 4) is 34.2 Å². The summed E-state index contributed by atoms with van der Waals surface area (Å²) >= 11 is 0. The van der Waals surface area contributed by atoms with Crippen LogP contribution in [0.1, 0.15) is 24.4 Å². The summed E-state index contributed by atoms with van der Waals surface area (Å²) in [6, 6.07) is 26.5. The van der Waals surface area contributed by atoms with E-state index in [1.165, 1.54) is 11.8 Å². The quantitative estimate of drug-likeness (QED) is 0.310. The molecule has 1 N–H and O–H groups in total. The standard InChI is InChI=1S/C31H27N7O2/c39-31-33-25-8-4-5-9-26(25)38(31)24-14-17-37(18-15-24)20-21-10-12-23(13-11-21)27-28(22-6-2-1-3-7-22)35-36-29(34-27)30-32-16-19-40-30/h1-13,16,19,24H,14-15,17-18,20H2,(H,33,39). The van der Waals surface area contributed by atoms with Gasteiger partial charge in [-0.1, -0.05) is 66.7 Å². The maximum Gasteiger partial charge on any atom is 0.326 e. The Labute approximate surface area is 230 Å². The van der Waals surface area contributed by atoms with E-state index in [1.54, 1.807) is 6.20 Å². The van der Waals surface area contributed by atoms with Crippen molar-refractivity contribution >= 4 is 11.0 Å². The fraction of sp³-hybridized carbons (Fsp3) is 0.194. The van der Waals surface area contributed by atoms with E-state index in [-0.39, 0.29) is 11.7 Å². The van der Waals surface area contributed by atoms with Gasteiger partial charge in [-0.2, -0.15) is 0 Å². The molecular weight excluding hydrogens is 502 g/mol. The Bertz CT molecular complexity index is 1800. The van der Waals surface area contributed by atoms with E-state index >= 15 is 0 Å². The highest BCUT2D eigenvalue weighted by atomic mass is 16.3. The highest BCUT2D eigenvalue weighted by Crippen LogP contribution is 2.31. The van der Waals surface area contributed by atoms with Crippen LogP contribution in [0.25, 0.3) is 45.3 Å². The Morgan fingerprint density at radius 2 is 1.60 bits per heavy atom. The Morgan fingerprint density at radius 3 is 2.38 bits per heavy atom. The van der Waals surface area contributed by atoms with Gasteiger partial charge in [0, 0.05) is 36.8 Å². The molecule has 0 spiro atoms. The van der Waals surface area contributed by atoms with Crippen molar-refractivity contribution in [1.29, 1.82) is 0 Å². The lowest BCUT2D eigenvalue weighted by molar-refractivity contribution is 0.180. The van der Waals surface area contributed by atoms with Gasteiger partial charge in [0.25, 0.3) is 5.89 Å². The van der Waals surface area contributed by atoms with Gasteiger partial charge in [0.1, 0.15) is 17.7 Å². The number of H-pyrrole nitrogens is 1. The fourth-order valence-electron chi connectivity index (χ4n) is 5.54. The molecule has 0 amide bonds. The number of rotatable bonds is 6. The maximum absolute atomic E-state index is 12.6. The van der Waals surface area contributed by atoms with Crippen LogP contribution >= 0.6 is 0 Å². The topological polar surface area (TPSA) is 106 Å². The predicted octanol–water partition coefficient (Wildman–Crippen LogP) is 5.34. The second kappa shape index (κ2) is 10.3. The van der Waals surface area contributed by atoms with Crippen molar-refractivity contribution in [3.05, 3.63) is 107 Å². The third kappa shape index (κ3) is 4.60. The van der Waals surface area contributed by atoms with Crippen LogP contribution in [0.2, 0.25) is 0 Å². The highest BCUT2D eigenvalue weighted by molar-refractivity contribution is 5.78. The molecule has 9 heteroatoms. The molecule has 3 aromatic heterocycles. The number of benzene rings is 3. The molecule has 1 aliphatic heterocycles. The number of nitrogens with zero attached hydrogens (tertiary/aromatic N) is 6. The van der Waals surface area contributed by atoms with Gasteiger partial charge in [-0.05, 0) is 30.5 Å². The van der Waals surface area contributed by atoms with Gasteiger partial charge in [-0.25, -0.2) is 14.8 Å². The second-order valence-corrected chi connectivity index (χ2v) is 10.1. The van der Waals surface area contributed by atoms with Crippen LogP contribution in [-0.4, -0.2) is 47.7 Å². The predicted molar refractivity (Wildman–Crippen MR) is 152 cm³/mol. The minimum atomic E-state index is -0.0182. The summed E-state index contributed by atoms with van der Waals surface area (Å²) in [5.74, 6) is 0.684. The Balaban J connectivity index is 1.09. The number of aromatic nitrogens is 6. The number of aromatic amines is 1. The van der Waals surface area contributed by atoms with E-state index in [4.69, 9.17) is 9.40 Å². The van der Waals surface area contributed by atoms with Crippen LogP contribution in [0.4, 0.5) is 0 Å². The van der Waals surface area contributed by atoms with E-state index < -0.39 is 0 Å². The monoisotopic (exact) mass is 529 g/mol. The second-order valence-electron chi connectivity index (χ2n) is 10.1. The Morgan fingerprint density at radius 1 is 0.850 bits per heavy atom. The van der Waals surface area contributed by atoms with Gasteiger partial charge < -0.3 is 9.40 Å². The van der Waals surface area contributed by atoms with Crippen LogP contribution in [0.5, 0.6) is 0 Å². The molecule has 0 atom stereocenters. The van der Waals surface area contributed by atoms with Crippen LogP contribution in [-0.2, 0) is 6.54 Å². The molecule has 6 aromatic rings. The van der Waals surface area contributed by atoms with Crippen LogP contribution < -0.4 is 5.69 Å². The Hall–Kier alpha value is -4.89. The summed E-state index contributed by atoms with van der Waals surface area (Å²) in [4.78, 5) is 27.1. The average molecular weight is 530 g/mol. The SMILES string of the molecule is O=c1[nH]c2ccccc2n1C1CCN(Cc2ccc(-c3nc(-c4ncco4)nnc3-c3ccccc3)cc2)CC1. The number of imidazole rings is 1. The van der Waals surface area contributed by atoms with E-state index in [9.17, 15) is 4.79 Å². The van der Waals surface area contributed by atoms with Crippen LogP contribution in [0.15, 0.2) is 101 Å². The van der Waals surface area contributed by atoms with Gasteiger partial charge in [0.15, 0.2) is 0 Å². The molecule has 0 radical (unpaired) electrons. The molecule has 0 unspecified atom stereocenters. The minimum absolute atomic E-state index is 0.0182. The summed E-state index contributed by atoms with van der Waals surface area (Å²) in [5.41, 5.74) is 6.42. The number of likely N-dealkylation sites (tertiary alicyclic amines) is 1. The maximum atomic E-state index is 12.6. The number of piperidine rings is 1. The van der Waals surface area contributed by atoms with Crippen molar-refractivity contribution < 1.29 is 4.42 Å². The zero-order chi connectivity index (χ0) is 26.9. The van der Waals surface area contributed by atoms with Gasteiger partial charge >= 0.3 is 5.69 Å². The molecule has 0 bridgehead atoms. The molecular formula is C31H27N7O2. The minimum Gasteiger partial charge on any atom is -0.442 e. The first-order valence-corrected chi connectivity index (χ1v) is 13.4. The van der Waals surface area contributed by atoms with E-state index in [0.717, 1.165) is 60.3 Å². The van der Waals surface area contributed by atoms with Gasteiger partial charge in [0.2, 0.25) is 5.82 Å². The summed E-state index contributed by atoms with van der Waals surface area (Å²) in [5, 5.41) is 8.78. The number of hydrogen-bond acceptors (Lipinski definition) is 7. The van der Waals surface area contributed by atoms with Crippen molar-refractivity contribution in [2.24, 2.45) is 0 Å². The zero-order valence-electron chi connectivity index (χ0n) is 21.8. The molecule has 7 rings (SSSR count). The average Bonchev–Trinajstić information content (AvgIpc) is 3.66. The summed E-state index contributed by atoms with van der Waals surface area (Å²) < 4.78 is 7.35. The number of fused-ring (bicyclic) bond motifs is 1. The first-order valence-electron chi connectivity index (χ1n) is 13.4. The molecule has 198 valence electrons. The number of oxazole rings is 1. The molecule has 1 aliphatic rings. The summed E-state index contributed by atoms with van der Waals surface area (Å²) in [6.45, 7) is 2.72. The molecule has 1 fully saturated rings. The van der Waals surface area contributed by atoms with Crippen molar-refractivity contribution in [3.63, 3.8) is 0 Å². The molecule has 1 saturated heterocycles. The lowest BCUT2D eigenvalue weighted by Gasteiger charge is -2.32. The number of hydrogen-bond donors (Lipinski definition) is 1. The van der Waals surface area contributed by atoms with Crippen LogP contribution in [0.3, 0.4) is 0 Å². The van der Waals surface area contributed by atoms with Crippen molar-refractivity contribution in [2.75, 3.05) is 13.1 Å². The first-order chi connectivity index (χ1) is 19.7. The highest BCUT2D eigenvalue weighted by Gasteiger charge is 2.24. The van der Waals surface area contributed by atoms with Gasteiger partial charge in [0.05, 0.1) is 17.2 Å². The normalized spacial score (nSPS) is 14.6. The lowest BCUT2D eigenvalue weighted by atomic mass is 10.0. The third-order valence-electron chi connectivity index (χ3n) is 7.54. The largest absolute Gasteiger partial charge is 0.442 e. The molecule has 0 aliphatic carbocycles.